The minimum atomic E-state index is -0.233. The molecule has 1 saturated heterocycles. The lowest BCUT2D eigenvalue weighted by Gasteiger charge is -2.46. The quantitative estimate of drug-likeness (QED) is 0.572. The fourth-order valence-corrected chi connectivity index (χ4v) is 3.64. The van der Waals surface area contributed by atoms with Gasteiger partial charge >= 0.3 is 6.03 Å². The Morgan fingerprint density at radius 3 is 2.42 bits per heavy atom. The Hall–Kier alpha value is -3.38. The van der Waals surface area contributed by atoms with E-state index >= 15 is 0 Å². The Labute approximate surface area is 182 Å². The van der Waals surface area contributed by atoms with E-state index in [4.69, 9.17) is 4.74 Å². The SMILES string of the molecule is CC(c1ccc(F)cc1)N(C)C1CN(C(=O)Nc2cccc(Oc3ccccc3)c2)C1. The monoisotopic (exact) mass is 419 g/mol. The normalized spacial score (nSPS) is 14.8. The second-order valence-electron chi connectivity index (χ2n) is 7.82. The van der Waals surface area contributed by atoms with Crippen LogP contribution in [0.3, 0.4) is 0 Å². The van der Waals surface area contributed by atoms with E-state index in [-0.39, 0.29) is 23.9 Å². The zero-order valence-corrected chi connectivity index (χ0v) is 17.7. The molecule has 0 radical (unpaired) electrons. The number of amides is 2. The summed E-state index contributed by atoms with van der Waals surface area (Å²) in [4.78, 5) is 16.6. The number of halogens is 1. The maximum Gasteiger partial charge on any atom is 0.321 e. The van der Waals surface area contributed by atoms with Crippen molar-refractivity contribution in [3.8, 4) is 11.5 Å². The van der Waals surface area contributed by atoms with Crippen LogP contribution in [0.1, 0.15) is 18.5 Å². The summed E-state index contributed by atoms with van der Waals surface area (Å²) in [6.07, 6.45) is 0. The summed E-state index contributed by atoms with van der Waals surface area (Å²) in [5.74, 6) is 1.18. The number of nitrogens with one attached hydrogen (secondary N) is 1. The Balaban J connectivity index is 1.30. The average Bonchev–Trinajstić information content (AvgIpc) is 2.73. The van der Waals surface area contributed by atoms with Gasteiger partial charge in [0.1, 0.15) is 17.3 Å². The molecule has 0 spiro atoms. The van der Waals surface area contributed by atoms with Gasteiger partial charge in [-0.15, -0.1) is 0 Å². The number of ether oxygens (including phenoxy) is 1. The van der Waals surface area contributed by atoms with Crippen LogP contribution in [-0.2, 0) is 0 Å². The van der Waals surface area contributed by atoms with Crippen LogP contribution in [0.5, 0.6) is 11.5 Å². The molecule has 0 aromatic heterocycles. The molecule has 1 unspecified atom stereocenters. The van der Waals surface area contributed by atoms with Crippen LogP contribution >= 0.6 is 0 Å². The predicted molar refractivity (Wildman–Crippen MR) is 120 cm³/mol. The van der Waals surface area contributed by atoms with Crippen molar-refractivity contribution in [2.45, 2.75) is 19.0 Å². The van der Waals surface area contributed by atoms with Gasteiger partial charge in [-0.2, -0.15) is 0 Å². The van der Waals surface area contributed by atoms with Crippen molar-refractivity contribution in [1.82, 2.24) is 9.80 Å². The number of hydrogen-bond donors (Lipinski definition) is 1. The van der Waals surface area contributed by atoms with Crippen LogP contribution < -0.4 is 10.1 Å². The van der Waals surface area contributed by atoms with Crippen LogP contribution in [-0.4, -0.2) is 42.0 Å². The van der Waals surface area contributed by atoms with Gasteiger partial charge in [-0.05, 0) is 55.9 Å². The van der Waals surface area contributed by atoms with Crippen LogP contribution in [0.15, 0.2) is 78.9 Å². The summed E-state index contributed by atoms with van der Waals surface area (Å²) in [5, 5.41) is 2.94. The second-order valence-corrected chi connectivity index (χ2v) is 7.82. The molecule has 1 atom stereocenters. The summed E-state index contributed by atoms with van der Waals surface area (Å²) >= 11 is 0. The van der Waals surface area contributed by atoms with Gasteiger partial charge in [-0.25, -0.2) is 9.18 Å². The number of carbonyl (C=O) groups is 1. The molecular weight excluding hydrogens is 393 g/mol. The number of carbonyl (C=O) groups excluding carboxylic acids is 1. The number of benzene rings is 3. The van der Waals surface area contributed by atoms with E-state index in [1.54, 1.807) is 4.90 Å². The van der Waals surface area contributed by atoms with E-state index in [1.807, 2.05) is 73.8 Å². The fraction of sp³-hybridized carbons (Fsp3) is 0.240. The first-order valence-electron chi connectivity index (χ1n) is 10.4. The highest BCUT2D eigenvalue weighted by atomic mass is 19.1. The van der Waals surface area contributed by atoms with Crippen LogP contribution in [0, 0.1) is 5.82 Å². The van der Waals surface area contributed by atoms with Crippen molar-refractivity contribution >= 4 is 11.7 Å². The van der Waals surface area contributed by atoms with Gasteiger partial charge in [0.15, 0.2) is 0 Å². The molecule has 0 saturated carbocycles. The number of anilines is 1. The van der Waals surface area contributed by atoms with Crippen molar-refractivity contribution in [2.24, 2.45) is 0 Å². The molecule has 0 aliphatic carbocycles. The molecule has 1 N–H and O–H groups in total. The Bertz CT molecular complexity index is 1020. The smallest absolute Gasteiger partial charge is 0.321 e. The molecule has 1 heterocycles. The summed E-state index contributed by atoms with van der Waals surface area (Å²) < 4.78 is 19.0. The van der Waals surface area contributed by atoms with Gasteiger partial charge in [0.25, 0.3) is 0 Å². The van der Waals surface area contributed by atoms with E-state index in [1.165, 1.54) is 12.1 Å². The van der Waals surface area contributed by atoms with E-state index in [0.29, 0.717) is 24.5 Å². The highest BCUT2D eigenvalue weighted by molar-refractivity contribution is 5.90. The van der Waals surface area contributed by atoms with Crippen molar-refractivity contribution < 1.29 is 13.9 Å². The van der Waals surface area contributed by atoms with E-state index in [0.717, 1.165) is 11.3 Å². The average molecular weight is 420 g/mol. The molecule has 3 aromatic rings. The molecule has 31 heavy (non-hydrogen) atoms. The van der Waals surface area contributed by atoms with Crippen molar-refractivity contribution in [3.63, 3.8) is 0 Å². The molecule has 1 fully saturated rings. The number of hydrogen-bond acceptors (Lipinski definition) is 3. The van der Waals surface area contributed by atoms with E-state index in [2.05, 4.69) is 17.1 Å². The number of likely N-dealkylation sites (tertiary alicyclic amines) is 1. The molecule has 160 valence electrons. The molecule has 0 bridgehead atoms. The third kappa shape index (κ3) is 5.03. The summed E-state index contributed by atoms with van der Waals surface area (Å²) in [6, 6.07) is 23.7. The Morgan fingerprint density at radius 1 is 1.03 bits per heavy atom. The Kier molecular flexibility index (Phi) is 6.18. The number of rotatable bonds is 6. The highest BCUT2D eigenvalue weighted by Crippen LogP contribution is 2.27. The van der Waals surface area contributed by atoms with E-state index < -0.39 is 0 Å². The van der Waals surface area contributed by atoms with Gasteiger partial charge in [-0.1, -0.05) is 36.4 Å². The standard InChI is InChI=1S/C25H26FN3O2/c1-18(19-11-13-20(26)14-12-19)28(2)22-16-29(17-22)25(30)27-21-7-6-10-24(15-21)31-23-8-4-3-5-9-23/h3-15,18,22H,16-17H2,1-2H3,(H,27,30). The predicted octanol–water partition coefficient (Wildman–Crippen LogP) is 5.53. The molecule has 2 amide bonds. The van der Waals surface area contributed by atoms with Crippen LogP contribution in [0.25, 0.3) is 0 Å². The maximum atomic E-state index is 13.2. The zero-order chi connectivity index (χ0) is 21.8. The third-order valence-corrected chi connectivity index (χ3v) is 5.75. The lowest BCUT2D eigenvalue weighted by molar-refractivity contribution is 0.0559. The van der Waals surface area contributed by atoms with Gasteiger partial charge in [-0.3, -0.25) is 4.90 Å². The lowest BCUT2D eigenvalue weighted by Crippen LogP contribution is -2.61. The first-order valence-corrected chi connectivity index (χ1v) is 10.4. The fourth-order valence-electron chi connectivity index (χ4n) is 3.64. The molecule has 6 heteroatoms. The molecule has 3 aromatic carbocycles. The second kappa shape index (κ2) is 9.18. The van der Waals surface area contributed by atoms with Crippen molar-refractivity contribution in [3.05, 3.63) is 90.2 Å². The van der Waals surface area contributed by atoms with Crippen molar-refractivity contribution in [2.75, 3.05) is 25.5 Å². The van der Waals surface area contributed by atoms with Gasteiger partial charge < -0.3 is 15.0 Å². The minimum absolute atomic E-state index is 0.129. The number of nitrogens with zero attached hydrogens (tertiary/aromatic N) is 2. The lowest BCUT2D eigenvalue weighted by atomic mass is 10.0. The minimum Gasteiger partial charge on any atom is -0.457 e. The summed E-state index contributed by atoms with van der Waals surface area (Å²) in [5.41, 5.74) is 1.75. The highest BCUT2D eigenvalue weighted by Gasteiger charge is 2.35. The van der Waals surface area contributed by atoms with Crippen LogP contribution in [0.4, 0.5) is 14.9 Å². The van der Waals surface area contributed by atoms with Crippen LogP contribution in [0.2, 0.25) is 0 Å². The third-order valence-electron chi connectivity index (χ3n) is 5.75. The maximum absolute atomic E-state index is 13.2. The number of likely N-dealkylation sites (N-methyl/N-ethyl adjacent to an activating group) is 1. The van der Waals surface area contributed by atoms with E-state index in [9.17, 15) is 9.18 Å². The number of para-hydroxylation sites is 1. The summed E-state index contributed by atoms with van der Waals surface area (Å²) in [7, 11) is 2.04. The molecule has 1 aliphatic rings. The zero-order valence-electron chi connectivity index (χ0n) is 17.7. The molecule has 5 nitrogen and oxygen atoms in total. The molecular formula is C25H26FN3O2. The largest absolute Gasteiger partial charge is 0.457 e. The topological polar surface area (TPSA) is 44.8 Å². The molecule has 4 rings (SSSR count). The summed E-state index contributed by atoms with van der Waals surface area (Å²) in [6.45, 7) is 3.39. The van der Waals surface area contributed by atoms with Gasteiger partial charge in [0.05, 0.1) is 0 Å². The first kappa shape index (κ1) is 20.9. The van der Waals surface area contributed by atoms with Gasteiger partial charge in [0, 0.05) is 36.9 Å². The van der Waals surface area contributed by atoms with Crippen molar-refractivity contribution in [1.29, 1.82) is 0 Å². The number of urea groups is 1. The first-order chi connectivity index (χ1) is 15.0. The van der Waals surface area contributed by atoms with Gasteiger partial charge in [0.2, 0.25) is 0 Å². The molecule has 1 aliphatic heterocycles. The Morgan fingerprint density at radius 2 is 1.71 bits per heavy atom.